The minimum absolute atomic E-state index is 0.121. The van der Waals surface area contributed by atoms with Crippen LogP contribution in [0.4, 0.5) is 5.88 Å². The lowest BCUT2D eigenvalue weighted by Crippen LogP contribution is -1.94. The average Bonchev–Trinajstić information content (AvgIpc) is 2.47. The van der Waals surface area contributed by atoms with E-state index in [-0.39, 0.29) is 5.92 Å². The Morgan fingerprint density at radius 1 is 1.64 bits per heavy atom. The summed E-state index contributed by atoms with van der Waals surface area (Å²) < 4.78 is 5.27. The summed E-state index contributed by atoms with van der Waals surface area (Å²) in [6, 6.07) is 2.17. The highest BCUT2D eigenvalue weighted by molar-refractivity contribution is 5.68. The second-order valence-corrected chi connectivity index (χ2v) is 3.07. The van der Waals surface area contributed by atoms with Crippen molar-refractivity contribution in [3.8, 4) is 6.07 Å². The van der Waals surface area contributed by atoms with Crippen molar-refractivity contribution in [1.29, 1.82) is 5.26 Å². The molecule has 0 amide bonds. The summed E-state index contributed by atoms with van der Waals surface area (Å²) in [6.07, 6.45) is 5.93. The molecule has 4 nitrogen and oxygen atoms in total. The molecule has 2 heterocycles. The number of oxazole rings is 1. The van der Waals surface area contributed by atoms with Gasteiger partial charge in [0.1, 0.15) is 5.69 Å². The molecule has 0 saturated carbocycles. The van der Waals surface area contributed by atoms with Crippen molar-refractivity contribution in [3.05, 3.63) is 17.7 Å². The monoisotopic (exact) mass is 187 g/mol. The van der Waals surface area contributed by atoms with E-state index in [1.807, 2.05) is 6.08 Å². The Kier molecular flexibility index (Phi) is 2.15. The zero-order chi connectivity index (χ0) is 9.97. The maximum absolute atomic E-state index is 8.75. The normalized spacial score (nSPS) is 24.1. The Hall–Kier alpha value is -1.89. The first-order valence-corrected chi connectivity index (χ1v) is 4.37. The van der Waals surface area contributed by atoms with E-state index >= 15 is 0 Å². The molecular weight excluding hydrogens is 178 g/mol. The van der Waals surface area contributed by atoms with Crippen LogP contribution in [0.15, 0.2) is 15.5 Å². The molecule has 1 unspecified atom stereocenters. The molecule has 0 aliphatic carbocycles. The van der Waals surface area contributed by atoms with Crippen molar-refractivity contribution in [2.45, 2.75) is 13.3 Å². The summed E-state index contributed by atoms with van der Waals surface area (Å²) >= 11 is 0. The van der Waals surface area contributed by atoms with Gasteiger partial charge in [-0.05, 0) is 6.08 Å². The van der Waals surface area contributed by atoms with Crippen LogP contribution in [0.5, 0.6) is 0 Å². The third-order valence-electron chi connectivity index (χ3n) is 1.96. The van der Waals surface area contributed by atoms with Gasteiger partial charge in [-0.25, -0.2) is 9.98 Å². The molecule has 0 saturated heterocycles. The van der Waals surface area contributed by atoms with Crippen LogP contribution in [-0.4, -0.2) is 11.2 Å². The Morgan fingerprint density at radius 3 is 3.29 bits per heavy atom. The van der Waals surface area contributed by atoms with Gasteiger partial charge in [-0.15, -0.1) is 0 Å². The second-order valence-electron chi connectivity index (χ2n) is 3.07. The number of hydrogen-bond donors (Lipinski definition) is 0. The van der Waals surface area contributed by atoms with E-state index in [0.29, 0.717) is 23.9 Å². The molecule has 4 heteroatoms. The van der Waals surface area contributed by atoms with Crippen molar-refractivity contribution < 1.29 is 4.42 Å². The molecule has 0 radical (unpaired) electrons. The molecule has 0 N–H and O–H groups in total. The fraction of sp³-hybridized carbons (Fsp3) is 0.300. The molecular formula is C10H9N3O. The Labute approximate surface area is 81.6 Å². The predicted octanol–water partition coefficient (Wildman–Crippen LogP) is 2.24. The molecule has 0 bridgehead atoms. The number of nitrogens with zero attached hydrogens (tertiary/aromatic N) is 3. The van der Waals surface area contributed by atoms with E-state index in [9.17, 15) is 0 Å². The number of rotatable bonds is 0. The van der Waals surface area contributed by atoms with Gasteiger partial charge in [-0.1, -0.05) is 6.08 Å². The summed E-state index contributed by atoms with van der Waals surface area (Å²) in [5, 5.41) is 8.75. The molecule has 0 spiro atoms. The molecule has 1 aliphatic heterocycles. The van der Waals surface area contributed by atoms with Gasteiger partial charge in [0.15, 0.2) is 5.89 Å². The zero-order valence-corrected chi connectivity index (χ0v) is 7.77. The average molecular weight is 187 g/mol. The van der Waals surface area contributed by atoms with E-state index < -0.39 is 0 Å². The van der Waals surface area contributed by atoms with E-state index in [2.05, 4.69) is 16.0 Å². The van der Waals surface area contributed by atoms with Gasteiger partial charge in [0.25, 0.3) is 0 Å². The smallest absolute Gasteiger partial charge is 0.246 e. The van der Waals surface area contributed by atoms with Crippen molar-refractivity contribution in [3.63, 3.8) is 0 Å². The molecule has 1 aliphatic rings. The van der Waals surface area contributed by atoms with Crippen molar-refractivity contribution >= 4 is 18.2 Å². The maximum Gasteiger partial charge on any atom is 0.246 e. The molecule has 1 atom stereocenters. The third-order valence-corrected chi connectivity index (χ3v) is 1.96. The van der Waals surface area contributed by atoms with E-state index in [1.54, 1.807) is 19.2 Å². The van der Waals surface area contributed by atoms with Crippen molar-refractivity contribution in [2.75, 3.05) is 0 Å². The molecule has 14 heavy (non-hydrogen) atoms. The first-order chi connectivity index (χ1) is 6.79. The molecule has 2 rings (SSSR count). The summed E-state index contributed by atoms with van der Waals surface area (Å²) in [5.74, 6) is 0.992. The summed E-state index contributed by atoms with van der Waals surface area (Å²) in [6.45, 7) is 1.77. The van der Waals surface area contributed by atoms with Crippen LogP contribution < -0.4 is 0 Å². The van der Waals surface area contributed by atoms with Crippen LogP contribution in [0.25, 0.3) is 6.08 Å². The summed E-state index contributed by atoms with van der Waals surface area (Å²) in [5.41, 5.74) is 0.693. The van der Waals surface area contributed by atoms with Gasteiger partial charge < -0.3 is 4.42 Å². The minimum atomic E-state index is -0.121. The van der Waals surface area contributed by atoms with Gasteiger partial charge in [0.2, 0.25) is 5.88 Å². The van der Waals surface area contributed by atoms with Crippen LogP contribution in [0.2, 0.25) is 0 Å². The fourth-order valence-corrected chi connectivity index (χ4v) is 1.26. The number of fused-ring (bicyclic) bond motifs is 1. The van der Waals surface area contributed by atoms with Crippen LogP contribution in [0, 0.1) is 24.2 Å². The third kappa shape index (κ3) is 1.57. The van der Waals surface area contributed by atoms with Gasteiger partial charge in [-0.2, -0.15) is 5.26 Å². The standard InChI is InChI=1S/C10H9N3O/c1-7-13-9-3-2-8(6-11)4-5-12-10(9)14-7/h2-3,5,8H,4H2,1H3/b3-2-,12-5-. The van der Waals surface area contributed by atoms with E-state index in [1.165, 1.54) is 0 Å². The topological polar surface area (TPSA) is 62.2 Å². The van der Waals surface area contributed by atoms with Crippen LogP contribution in [0.3, 0.4) is 0 Å². The van der Waals surface area contributed by atoms with Gasteiger partial charge in [0, 0.05) is 19.6 Å². The molecule has 0 aromatic carbocycles. The Morgan fingerprint density at radius 2 is 2.50 bits per heavy atom. The summed E-state index contributed by atoms with van der Waals surface area (Å²) in [7, 11) is 0. The van der Waals surface area contributed by atoms with Crippen LogP contribution in [-0.2, 0) is 0 Å². The second kappa shape index (κ2) is 3.46. The highest BCUT2D eigenvalue weighted by Crippen LogP contribution is 2.24. The lowest BCUT2D eigenvalue weighted by atomic mass is 10.1. The first-order valence-electron chi connectivity index (χ1n) is 4.37. The largest absolute Gasteiger partial charge is 0.423 e. The quantitative estimate of drug-likeness (QED) is 0.625. The van der Waals surface area contributed by atoms with Gasteiger partial charge in [0.05, 0.1) is 12.0 Å². The van der Waals surface area contributed by atoms with Gasteiger partial charge >= 0.3 is 0 Å². The molecule has 0 fully saturated rings. The molecule has 1 aromatic rings. The summed E-state index contributed by atoms with van der Waals surface area (Å²) in [4.78, 5) is 8.25. The number of nitriles is 1. The van der Waals surface area contributed by atoms with E-state index in [4.69, 9.17) is 9.68 Å². The number of aliphatic imine (C=N–C) groups is 1. The Bertz CT molecular complexity index is 437. The lowest BCUT2D eigenvalue weighted by Gasteiger charge is -1.99. The predicted molar refractivity (Wildman–Crippen MR) is 52.1 cm³/mol. The number of aromatic nitrogens is 1. The fourth-order valence-electron chi connectivity index (χ4n) is 1.26. The lowest BCUT2D eigenvalue weighted by molar-refractivity contribution is 0.531. The highest BCUT2D eigenvalue weighted by Gasteiger charge is 2.10. The number of aryl methyl sites for hydroxylation is 1. The number of allylic oxidation sites excluding steroid dienone is 1. The van der Waals surface area contributed by atoms with Crippen molar-refractivity contribution in [2.24, 2.45) is 10.9 Å². The van der Waals surface area contributed by atoms with E-state index in [0.717, 1.165) is 0 Å². The highest BCUT2D eigenvalue weighted by atomic mass is 16.4. The molecule has 70 valence electrons. The Balaban J connectivity index is 2.41. The van der Waals surface area contributed by atoms with Crippen LogP contribution in [0.1, 0.15) is 18.0 Å². The zero-order valence-electron chi connectivity index (χ0n) is 7.77. The SMILES string of the molecule is Cc1nc2c(o1)/N=C\CC(C#N)/C=C\2. The van der Waals surface area contributed by atoms with Gasteiger partial charge in [-0.3, -0.25) is 0 Å². The molecule has 1 aromatic heterocycles. The number of hydrogen-bond acceptors (Lipinski definition) is 4. The van der Waals surface area contributed by atoms with Crippen molar-refractivity contribution in [1.82, 2.24) is 4.98 Å². The van der Waals surface area contributed by atoms with Crippen LogP contribution >= 0.6 is 0 Å². The minimum Gasteiger partial charge on any atom is -0.423 e. The first kappa shape index (κ1) is 8.70. The maximum atomic E-state index is 8.75.